The maximum atomic E-state index is 9.38. The molecule has 0 saturated heterocycles. The van der Waals surface area contributed by atoms with Crippen LogP contribution in [-0.2, 0) is 5.41 Å². The van der Waals surface area contributed by atoms with Gasteiger partial charge in [0.25, 0.3) is 0 Å². The number of hydrogen-bond acceptors (Lipinski definition) is 1. The normalized spacial score (nSPS) is 10.8. The van der Waals surface area contributed by atoms with Crippen LogP contribution < -0.4 is 0 Å². The zero-order chi connectivity index (χ0) is 11.4. The number of nitriles is 1. The van der Waals surface area contributed by atoms with Gasteiger partial charge in [0.2, 0.25) is 0 Å². The van der Waals surface area contributed by atoms with Crippen LogP contribution in [0.4, 0.5) is 0 Å². The van der Waals surface area contributed by atoms with Crippen molar-refractivity contribution < 1.29 is 0 Å². The molecule has 77 valence electrons. The molecule has 0 aliphatic carbocycles. The van der Waals surface area contributed by atoms with Crippen molar-refractivity contribution in [1.82, 2.24) is 0 Å². The molecule has 0 aliphatic heterocycles. The van der Waals surface area contributed by atoms with Crippen molar-refractivity contribution in [2.45, 2.75) is 5.41 Å². The van der Waals surface area contributed by atoms with Crippen molar-refractivity contribution in [3.8, 4) is 6.07 Å². The molecule has 2 aromatic carbocycles. The lowest BCUT2D eigenvalue weighted by molar-refractivity contribution is 0.827. The van der Waals surface area contributed by atoms with E-state index in [-0.39, 0.29) is 0 Å². The van der Waals surface area contributed by atoms with Crippen molar-refractivity contribution >= 4 is 0 Å². The fourth-order valence-corrected chi connectivity index (χ4v) is 1.74. The molecule has 16 heavy (non-hydrogen) atoms. The summed E-state index contributed by atoms with van der Waals surface area (Å²) in [4.78, 5) is 0. The van der Waals surface area contributed by atoms with E-state index in [2.05, 4.69) is 13.0 Å². The minimum atomic E-state index is -0.817. The Morgan fingerprint density at radius 3 is 1.50 bits per heavy atom. The number of rotatable bonds is 2. The first kappa shape index (κ1) is 10.4. The highest BCUT2D eigenvalue weighted by Crippen LogP contribution is 2.30. The molecule has 1 heteroatoms. The van der Waals surface area contributed by atoms with Gasteiger partial charge in [0.15, 0.2) is 0 Å². The highest BCUT2D eigenvalue weighted by Gasteiger charge is 2.28. The SMILES string of the molecule is [CH2]C(C#N)(c1ccccc1)c1ccccc1. The van der Waals surface area contributed by atoms with E-state index in [1.807, 2.05) is 60.7 Å². The Morgan fingerprint density at radius 1 is 0.812 bits per heavy atom. The lowest BCUT2D eigenvalue weighted by Gasteiger charge is -2.22. The van der Waals surface area contributed by atoms with Crippen molar-refractivity contribution in [3.63, 3.8) is 0 Å². The molecule has 1 nitrogen and oxygen atoms in total. The molecule has 0 atom stereocenters. The van der Waals surface area contributed by atoms with Crippen LogP contribution in [0.1, 0.15) is 11.1 Å². The summed E-state index contributed by atoms with van der Waals surface area (Å²) in [5, 5.41) is 9.38. The topological polar surface area (TPSA) is 23.8 Å². The highest BCUT2D eigenvalue weighted by molar-refractivity contribution is 5.46. The van der Waals surface area contributed by atoms with Gasteiger partial charge in [0, 0.05) is 0 Å². The molecule has 0 N–H and O–H groups in total. The quantitative estimate of drug-likeness (QED) is 0.739. The molecular formula is C15H12N. The van der Waals surface area contributed by atoms with Gasteiger partial charge in [0.05, 0.1) is 6.07 Å². The molecule has 0 heterocycles. The third kappa shape index (κ3) is 1.70. The fourth-order valence-electron chi connectivity index (χ4n) is 1.74. The molecule has 2 aromatic rings. The molecular weight excluding hydrogens is 194 g/mol. The van der Waals surface area contributed by atoms with Crippen LogP contribution in [0, 0.1) is 18.3 Å². The fraction of sp³-hybridized carbons (Fsp3) is 0.0667. The second-order valence-electron chi connectivity index (χ2n) is 3.75. The molecule has 2 rings (SSSR count). The predicted molar refractivity (Wildman–Crippen MR) is 64.6 cm³/mol. The zero-order valence-corrected chi connectivity index (χ0v) is 8.93. The Labute approximate surface area is 96.0 Å². The van der Waals surface area contributed by atoms with Gasteiger partial charge in [-0.2, -0.15) is 5.26 Å². The molecule has 0 amide bonds. The summed E-state index contributed by atoms with van der Waals surface area (Å²) in [6.45, 7) is 4.07. The highest BCUT2D eigenvalue weighted by atomic mass is 14.4. The van der Waals surface area contributed by atoms with E-state index in [4.69, 9.17) is 0 Å². The molecule has 1 radical (unpaired) electrons. The molecule has 0 spiro atoms. The van der Waals surface area contributed by atoms with Gasteiger partial charge in [0.1, 0.15) is 5.41 Å². The summed E-state index contributed by atoms with van der Waals surface area (Å²) >= 11 is 0. The number of hydrogen-bond donors (Lipinski definition) is 0. The van der Waals surface area contributed by atoms with Crippen LogP contribution in [0.15, 0.2) is 60.7 Å². The van der Waals surface area contributed by atoms with Gasteiger partial charge in [-0.05, 0) is 18.1 Å². The van der Waals surface area contributed by atoms with E-state index in [0.717, 1.165) is 11.1 Å². The third-order valence-corrected chi connectivity index (χ3v) is 2.72. The molecule has 0 bridgehead atoms. The van der Waals surface area contributed by atoms with Crippen molar-refractivity contribution in [3.05, 3.63) is 78.7 Å². The first-order valence-corrected chi connectivity index (χ1v) is 5.15. The Kier molecular flexibility index (Phi) is 2.74. The van der Waals surface area contributed by atoms with Crippen LogP contribution in [0.25, 0.3) is 0 Å². The molecule has 0 fully saturated rings. The third-order valence-electron chi connectivity index (χ3n) is 2.72. The Balaban J connectivity index is 2.55. The summed E-state index contributed by atoms with van der Waals surface area (Å²) in [6.07, 6.45) is 0. The van der Waals surface area contributed by atoms with Crippen LogP contribution in [0.5, 0.6) is 0 Å². The minimum Gasteiger partial charge on any atom is -0.197 e. The van der Waals surface area contributed by atoms with E-state index in [0.29, 0.717) is 0 Å². The minimum absolute atomic E-state index is 0.817. The second kappa shape index (κ2) is 4.20. The van der Waals surface area contributed by atoms with Crippen LogP contribution in [0.2, 0.25) is 0 Å². The van der Waals surface area contributed by atoms with E-state index in [9.17, 15) is 5.26 Å². The van der Waals surface area contributed by atoms with Gasteiger partial charge in [-0.1, -0.05) is 60.7 Å². The van der Waals surface area contributed by atoms with Gasteiger partial charge >= 0.3 is 0 Å². The summed E-state index contributed by atoms with van der Waals surface area (Å²) in [6, 6.07) is 21.6. The lowest BCUT2D eigenvalue weighted by atomic mass is 9.78. The van der Waals surface area contributed by atoms with Crippen LogP contribution in [0.3, 0.4) is 0 Å². The number of nitrogens with zero attached hydrogens (tertiary/aromatic N) is 1. The summed E-state index contributed by atoms with van der Waals surface area (Å²) in [5.41, 5.74) is 1.02. The van der Waals surface area contributed by atoms with Gasteiger partial charge < -0.3 is 0 Å². The van der Waals surface area contributed by atoms with E-state index in [1.54, 1.807) is 0 Å². The standard InChI is InChI=1S/C15H12N/c1-15(12-16,13-8-4-2-5-9-13)14-10-6-3-7-11-14/h2-11H,1H2. The van der Waals surface area contributed by atoms with Crippen LogP contribution in [-0.4, -0.2) is 0 Å². The Morgan fingerprint density at radius 2 is 1.19 bits per heavy atom. The van der Waals surface area contributed by atoms with Gasteiger partial charge in [-0.15, -0.1) is 0 Å². The Bertz CT molecular complexity index is 454. The first-order chi connectivity index (χ1) is 7.77. The van der Waals surface area contributed by atoms with Crippen molar-refractivity contribution in [1.29, 1.82) is 5.26 Å². The average Bonchev–Trinajstić information content (AvgIpc) is 2.40. The smallest absolute Gasteiger partial charge is 0.107 e. The van der Waals surface area contributed by atoms with Gasteiger partial charge in [-0.25, -0.2) is 0 Å². The first-order valence-electron chi connectivity index (χ1n) is 5.15. The molecule has 0 saturated carbocycles. The summed E-state index contributed by atoms with van der Waals surface area (Å²) in [7, 11) is 0. The van der Waals surface area contributed by atoms with Crippen LogP contribution >= 0.6 is 0 Å². The second-order valence-corrected chi connectivity index (χ2v) is 3.75. The van der Waals surface area contributed by atoms with Crippen molar-refractivity contribution in [2.24, 2.45) is 0 Å². The summed E-state index contributed by atoms with van der Waals surface area (Å²) in [5.74, 6) is 0. The molecule has 0 unspecified atom stereocenters. The number of benzene rings is 2. The maximum Gasteiger partial charge on any atom is 0.107 e. The molecule has 0 aromatic heterocycles. The largest absolute Gasteiger partial charge is 0.197 e. The van der Waals surface area contributed by atoms with E-state index < -0.39 is 5.41 Å². The van der Waals surface area contributed by atoms with E-state index in [1.165, 1.54) is 0 Å². The average molecular weight is 206 g/mol. The van der Waals surface area contributed by atoms with Crippen molar-refractivity contribution in [2.75, 3.05) is 0 Å². The maximum absolute atomic E-state index is 9.38. The summed E-state index contributed by atoms with van der Waals surface area (Å²) < 4.78 is 0. The monoisotopic (exact) mass is 206 g/mol. The van der Waals surface area contributed by atoms with Gasteiger partial charge in [-0.3, -0.25) is 0 Å². The Hall–Kier alpha value is -2.07. The molecule has 0 aliphatic rings. The lowest BCUT2D eigenvalue weighted by Crippen LogP contribution is -2.21. The van der Waals surface area contributed by atoms with E-state index >= 15 is 0 Å². The zero-order valence-electron chi connectivity index (χ0n) is 8.93. The predicted octanol–water partition coefficient (Wildman–Crippen LogP) is 3.33.